The van der Waals surface area contributed by atoms with Gasteiger partial charge in [0.1, 0.15) is 9.84 Å². The summed E-state index contributed by atoms with van der Waals surface area (Å²) < 4.78 is 22.1. The molecule has 5 nitrogen and oxygen atoms in total. The smallest absolute Gasteiger partial charge is 0.239 e. The van der Waals surface area contributed by atoms with Gasteiger partial charge in [-0.3, -0.25) is 4.79 Å². The lowest BCUT2D eigenvalue weighted by molar-refractivity contribution is -0.132. The van der Waals surface area contributed by atoms with Crippen LogP contribution in [0, 0.1) is 5.92 Å². The first-order chi connectivity index (χ1) is 8.33. The summed E-state index contributed by atoms with van der Waals surface area (Å²) in [5.41, 5.74) is 5.80. The predicted molar refractivity (Wildman–Crippen MR) is 71.9 cm³/mol. The van der Waals surface area contributed by atoms with Crippen molar-refractivity contribution in [2.75, 3.05) is 25.1 Å². The van der Waals surface area contributed by atoms with Crippen LogP contribution in [0.15, 0.2) is 0 Å². The number of amides is 1. The summed E-state index contributed by atoms with van der Waals surface area (Å²) in [6, 6.07) is -0.690. The maximum absolute atomic E-state index is 12.1. The van der Waals surface area contributed by atoms with Crippen LogP contribution >= 0.6 is 0 Å². The van der Waals surface area contributed by atoms with Crippen LogP contribution in [0.25, 0.3) is 0 Å². The molecule has 0 aromatic heterocycles. The second-order valence-corrected chi connectivity index (χ2v) is 7.51. The second kappa shape index (κ2) is 6.52. The summed E-state index contributed by atoms with van der Waals surface area (Å²) in [4.78, 5) is 13.9. The van der Waals surface area contributed by atoms with E-state index in [1.165, 1.54) is 12.8 Å². The number of hydrogen-bond acceptors (Lipinski definition) is 4. The van der Waals surface area contributed by atoms with Gasteiger partial charge in [-0.1, -0.05) is 6.92 Å². The first kappa shape index (κ1) is 15.4. The summed E-state index contributed by atoms with van der Waals surface area (Å²) in [6.07, 6.45) is 4.65. The highest BCUT2D eigenvalue weighted by atomic mass is 32.2. The van der Waals surface area contributed by atoms with Crippen LogP contribution in [0.1, 0.15) is 32.6 Å². The van der Waals surface area contributed by atoms with Crippen molar-refractivity contribution in [3.8, 4) is 0 Å². The van der Waals surface area contributed by atoms with Crippen molar-refractivity contribution in [1.29, 1.82) is 0 Å². The van der Waals surface area contributed by atoms with Crippen molar-refractivity contribution in [3.63, 3.8) is 0 Å². The van der Waals surface area contributed by atoms with E-state index in [1.54, 1.807) is 4.90 Å². The van der Waals surface area contributed by atoms with Gasteiger partial charge in [-0.25, -0.2) is 8.42 Å². The van der Waals surface area contributed by atoms with Crippen LogP contribution in [0.5, 0.6) is 0 Å². The van der Waals surface area contributed by atoms with E-state index in [2.05, 4.69) is 0 Å². The van der Waals surface area contributed by atoms with Gasteiger partial charge >= 0.3 is 0 Å². The first-order valence-electron chi connectivity index (χ1n) is 6.55. The fourth-order valence-electron chi connectivity index (χ4n) is 1.87. The molecule has 0 aromatic rings. The molecule has 0 saturated heterocycles. The molecule has 6 heteroatoms. The quantitative estimate of drug-likeness (QED) is 0.696. The average Bonchev–Trinajstić information content (AvgIpc) is 3.07. The number of nitrogens with zero attached hydrogens (tertiary/aromatic N) is 1. The van der Waals surface area contributed by atoms with Crippen molar-refractivity contribution in [1.82, 2.24) is 4.90 Å². The van der Waals surface area contributed by atoms with Crippen molar-refractivity contribution in [2.24, 2.45) is 11.7 Å². The van der Waals surface area contributed by atoms with Gasteiger partial charge < -0.3 is 10.6 Å². The van der Waals surface area contributed by atoms with Crippen molar-refractivity contribution >= 4 is 15.7 Å². The normalized spacial score (nSPS) is 17.5. The standard InChI is InChI=1S/C12H24N2O3S/c1-3-7-14(9-10-4-5-10)12(15)11(13)6-8-18(2,16)17/h10-11H,3-9,13H2,1-2H3. The van der Waals surface area contributed by atoms with Crippen LogP contribution in [0.3, 0.4) is 0 Å². The van der Waals surface area contributed by atoms with Gasteiger partial charge in [0.2, 0.25) is 5.91 Å². The SMILES string of the molecule is CCCN(CC1CC1)C(=O)C(N)CCS(C)(=O)=O. The topological polar surface area (TPSA) is 80.5 Å². The van der Waals surface area contributed by atoms with Crippen LogP contribution in [-0.4, -0.2) is 50.4 Å². The van der Waals surface area contributed by atoms with Crippen molar-refractivity contribution in [3.05, 3.63) is 0 Å². The Kier molecular flexibility index (Phi) is 5.59. The summed E-state index contributed by atoms with van der Waals surface area (Å²) in [5, 5.41) is 0. The van der Waals surface area contributed by atoms with E-state index in [4.69, 9.17) is 5.73 Å². The summed E-state index contributed by atoms with van der Waals surface area (Å²) in [5.74, 6) is 0.499. The molecule has 1 saturated carbocycles. The minimum Gasteiger partial charge on any atom is -0.341 e. The van der Waals surface area contributed by atoms with Gasteiger partial charge in [0, 0.05) is 19.3 Å². The van der Waals surface area contributed by atoms with Crippen LogP contribution in [0.4, 0.5) is 0 Å². The molecule has 18 heavy (non-hydrogen) atoms. The molecule has 1 rings (SSSR count). The van der Waals surface area contributed by atoms with E-state index in [0.29, 0.717) is 12.5 Å². The zero-order valence-corrected chi connectivity index (χ0v) is 12.1. The van der Waals surface area contributed by atoms with Gasteiger partial charge in [-0.15, -0.1) is 0 Å². The molecule has 1 unspecified atom stereocenters. The number of sulfone groups is 1. The second-order valence-electron chi connectivity index (χ2n) is 5.25. The minimum absolute atomic E-state index is 0.0245. The molecule has 0 bridgehead atoms. The first-order valence-corrected chi connectivity index (χ1v) is 8.61. The Balaban J connectivity index is 2.46. The Morgan fingerprint density at radius 3 is 2.50 bits per heavy atom. The number of carbonyl (C=O) groups is 1. The molecule has 0 heterocycles. The Morgan fingerprint density at radius 1 is 1.44 bits per heavy atom. The molecule has 0 aromatic carbocycles. The van der Waals surface area contributed by atoms with Crippen LogP contribution in [-0.2, 0) is 14.6 Å². The Hall–Kier alpha value is -0.620. The molecule has 2 N–H and O–H groups in total. The average molecular weight is 276 g/mol. The highest BCUT2D eigenvalue weighted by Gasteiger charge is 2.28. The molecule has 1 aliphatic carbocycles. The molecule has 0 spiro atoms. The zero-order chi connectivity index (χ0) is 13.8. The van der Waals surface area contributed by atoms with Crippen LogP contribution in [0.2, 0.25) is 0 Å². The molecule has 1 amide bonds. The van der Waals surface area contributed by atoms with Crippen molar-refractivity contribution < 1.29 is 13.2 Å². The summed E-state index contributed by atoms with van der Waals surface area (Å²) in [6.45, 7) is 3.51. The predicted octanol–water partition coefficient (Wildman–Crippen LogP) is 0.397. The molecule has 0 radical (unpaired) electrons. The monoisotopic (exact) mass is 276 g/mol. The fourth-order valence-corrected chi connectivity index (χ4v) is 2.55. The number of rotatable bonds is 8. The summed E-state index contributed by atoms with van der Waals surface area (Å²) >= 11 is 0. The molecular formula is C12H24N2O3S. The highest BCUT2D eigenvalue weighted by Crippen LogP contribution is 2.29. The Labute approximate surface area is 110 Å². The number of hydrogen-bond donors (Lipinski definition) is 1. The highest BCUT2D eigenvalue weighted by molar-refractivity contribution is 7.90. The van der Waals surface area contributed by atoms with Gasteiger partial charge in [-0.05, 0) is 31.6 Å². The maximum atomic E-state index is 12.1. The number of nitrogens with two attached hydrogens (primary N) is 1. The Morgan fingerprint density at radius 2 is 2.06 bits per heavy atom. The minimum atomic E-state index is -3.05. The molecule has 1 atom stereocenters. The third-order valence-corrected chi connectivity index (χ3v) is 4.07. The third kappa shape index (κ3) is 5.82. The third-order valence-electron chi connectivity index (χ3n) is 3.10. The van der Waals surface area contributed by atoms with E-state index in [-0.39, 0.29) is 18.1 Å². The largest absolute Gasteiger partial charge is 0.341 e. The lowest BCUT2D eigenvalue weighted by Gasteiger charge is -2.25. The zero-order valence-electron chi connectivity index (χ0n) is 11.3. The molecule has 1 aliphatic rings. The lowest BCUT2D eigenvalue weighted by Crippen LogP contribution is -2.45. The Bertz CT molecular complexity index is 377. The molecule has 0 aliphatic heterocycles. The maximum Gasteiger partial charge on any atom is 0.239 e. The van der Waals surface area contributed by atoms with E-state index < -0.39 is 15.9 Å². The van der Waals surface area contributed by atoms with Gasteiger partial charge in [-0.2, -0.15) is 0 Å². The molecule has 106 valence electrons. The fraction of sp³-hybridized carbons (Fsp3) is 0.917. The summed E-state index contributed by atoms with van der Waals surface area (Å²) in [7, 11) is -3.05. The molecule has 1 fully saturated rings. The van der Waals surface area contributed by atoms with Gasteiger partial charge in [0.15, 0.2) is 0 Å². The van der Waals surface area contributed by atoms with E-state index in [9.17, 15) is 13.2 Å². The molecular weight excluding hydrogens is 252 g/mol. The lowest BCUT2D eigenvalue weighted by atomic mass is 10.2. The van der Waals surface area contributed by atoms with Gasteiger partial charge in [0.25, 0.3) is 0 Å². The van der Waals surface area contributed by atoms with E-state index in [1.807, 2.05) is 6.92 Å². The van der Waals surface area contributed by atoms with E-state index in [0.717, 1.165) is 19.2 Å². The van der Waals surface area contributed by atoms with Gasteiger partial charge in [0.05, 0.1) is 11.8 Å². The van der Waals surface area contributed by atoms with E-state index >= 15 is 0 Å². The van der Waals surface area contributed by atoms with Crippen LogP contribution < -0.4 is 5.73 Å². The number of carbonyl (C=O) groups excluding carboxylic acids is 1. The van der Waals surface area contributed by atoms with Crippen molar-refractivity contribution in [2.45, 2.75) is 38.6 Å².